The topological polar surface area (TPSA) is 76.7 Å². The highest BCUT2D eigenvalue weighted by Gasteiger charge is 2.30. The van der Waals surface area contributed by atoms with Gasteiger partial charge in [0.1, 0.15) is 12.4 Å². The van der Waals surface area contributed by atoms with E-state index in [1.165, 1.54) is 6.92 Å². The lowest BCUT2D eigenvalue weighted by Gasteiger charge is -2.32. The van der Waals surface area contributed by atoms with E-state index in [1.807, 2.05) is 56.3 Å². The number of rotatable bonds is 4. The van der Waals surface area contributed by atoms with Crippen LogP contribution in [0.2, 0.25) is 0 Å². The standard InChI is InChI=1S/C21H22N2O4/c1-14-17-11-12-21(3,13-26-15(2)24)27-19(17)10-9-18(14)23-20(25)22-16-7-5-4-6-8-16/h4-12H,13H2,1-3H3,(H2,22,23,25). The molecular formula is C21H22N2O4. The zero-order chi connectivity index (χ0) is 19.4. The number of carbonyl (C=O) groups is 2. The predicted molar refractivity (Wildman–Crippen MR) is 105 cm³/mol. The number of amides is 2. The third-order valence-corrected chi connectivity index (χ3v) is 4.26. The van der Waals surface area contributed by atoms with Gasteiger partial charge in [-0.1, -0.05) is 24.3 Å². The molecule has 3 rings (SSSR count). The van der Waals surface area contributed by atoms with Crippen molar-refractivity contribution < 1.29 is 19.1 Å². The molecule has 2 amide bonds. The molecule has 1 unspecified atom stereocenters. The summed E-state index contributed by atoms with van der Waals surface area (Å²) in [4.78, 5) is 23.3. The molecule has 1 aliphatic heterocycles. The Bertz CT molecular complexity index is 893. The van der Waals surface area contributed by atoms with Gasteiger partial charge in [-0.25, -0.2) is 4.79 Å². The molecule has 2 aromatic rings. The van der Waals surface area contributed by atoms with Crippen molar-refractivity contribution in [3.05, 3.63) is 59.7 Å². The van der Waals surface area contributed by atoms with Crippen molar-refractivity contribution in [2.45, 2.75) is 26.4 Å². The maximum atomic E-state index is 12.2. The van der Waals surface area contributed by atoms with Crippen LogP contribution in [0.3, 0.4) is 0 Å². The van der Waals surface area contributed by atoms with Gasteiger partial charge in [-0.3, -0.25) is 4.79 Å². The quantitative estimate of drug-likeness (QED) is 0.788. The van der Waals surface area contributed by atoms with Crippen molar-refractivity contribution in [1.29, 1.82) is 0 Å². The van der Waals surface area contributed by atoms with Crippen molar-refractivity contribution in [3.63, 3.8) is 0 Å². The van der Waals surface area contributed by atoms with E-state index < -0.39 is 5.60 Å². The van der Waals surface area contributed by atoms with Crippen LogP contribution in [0.25, 0.3) is 6.08 Å². The number of urea groups is 1. The summed E-state index contributed by atoms with van der Waals surface area (Å²) in [6, 6.07) is 12.5. The fourth-order valence-corrected chi connectivity index (χ4v) is 2.81. The van der Waals surface area contributed by atoms with E-state index in [0.29, 0.717) is 11.4 Å². The van der Waals surface area contributed by atoms with Crippen LogP contribution in [0.1, 0.15) is 25.0 Å². The zero-order valence-electron chi connectivity index (χ0n) is 15.5. The number of fused-ring (bicyclic) bond motifs is 1. The first-order valence-corrected chi connectivity index (χ1v) is 8.64. The van der Waals surface area contributed by atoms with Gasteiger partial charge in [-0.15, -0.1) is 0 Å². The van der Waals surface area contributed by atoms with Crippen molar-refractivity contribution >= 4 is 29.5 Å². The lowest BCUT2D eigenvalue weighted by atomic mass is 9.97. The first-order chi connectivity index (χ1) is 12.9. The Balaban J connectivity index is 1.73. The van der Waals surface area contributed by atoms with E-state index in [2.05, 4.69) is 10.6 Å². The molecule has 0 spiro atoms. The second-order valence-corrected chi connectivity index (χ2v) is 6.62. The molecule has 1 heterocycles. The highest BCUT2D eigenvalue weighted by Crippen LogP contribution is 2.36. The van der Waals surface area contributed by atoms with Crippen molar-refractivity contribution in [2.24, 2.45) is 0 Å². The lowest BCUT2D eigenvalue weighted by molar-refractivity contribution is -0.145. The minimum absolute atomic E-state index is 0.136. The summed E-state index contributed by atoms with van der Waals surface area (Å²) < 4.78 is 11.1. The third kappa shape index (κ3) is 4.47. The number of hydrogen-bond acceptors (Lipinski definition) is 4. The predicted octanol–water partition coefficient (Wildman–Crippen LogP) is 4.37. The fraction of sp³-hybridized carbons (Fsp3) is 0.238. The maximum absolute atomic E-state index is 12.2. The lowest BCUT2D eigenvalue weighted by Crippen LogP contribution is -2.38. The summed E-state index contributed by atoms with van der Waals surface area (Å²) in [7, 11) is 0. The minimum atomic E-state index is -0.718. The summed E-state index contributed by atoms with van der Waals surface area (Å²) in [5, 5.41) is 5.65. The van der Waals surface area contributed by atoms with Gasteiger partial charge in [0.05, 0.1) is 0 Å². The molecule has 6 heteroatoms. The van der Waals surface area contributed by atoms with E-state index >= 15 is 0 Å². The highest BCUT2D eigenvalue weighted by molar-refractivity contribution is 6.00. The van der Waals surface area contributed by atoms with Crippen LogP contribution in [0.5, 0.6) is 5.75 Å². The summed E-state index contributed by atoms with van der Waals surface area (Å²) in [6.07, 6.45) is 3.79. The Kier molecular flexibility index (Phi) is 5.16. The summed E-state index contributed by atoms with van der Waals surface area (Å²) in [6.45, 7) is 5.27. The molecule has 0 radical (unpaired) electrons. The van der Waals surface area contributed by atoms with E-state index in [-0.39, 0.29) is 18.6 Å². The number of esters is 1. The van der Waals surface area contributed by atoms with Crippen LogP contribution in [0.4, 0.5) is 16.2 Å². The van der Waals surface area contributed by atoms with Gasteiger partial charge < -0.3 is 20.1 Å². The molecule has 0 fully saturated rings. The van der Waals surface area contributed by atoms with Crippen LogP contribution < -0.4 is 15.4 Å². The van der Waals surface area contributed by atoms with E-state index in [1.54, 1.807) is 12.1 Å². The second kappa shape index (κ2) is 7.53. The van der Waals surface area contributed by atoms with Crippen LogP contribution in [0.15, 0.2) is 48.5 Å². The van der Waals surface area contributed by atoms with E-state index in [4.69, 9.17) is 9.47 Å². The Hall–Kier alpha value is -3.28. The van der Waals surface area contributed by atoms with Gasteiger partial charge in [-0.2, -0.15) is 0 Å². The molecule has 1 aliphatic rings. The molecule has 0 aliphatic carbocycles. The van der Waals surface area contributed by atoms with Gasteiger partial charge >= 0.3 is 12.0 Å². The zero-order valence-corrected chi connectivity index (χ0v) is 15.5. The molecule has 2 N–H and O–H groups in total. The number of para-hydroxylation sites is 1. The summed E-state index contributed by atoms with van der Waals surface area (Å²) in [5.41, 5.74) is 2.47. The van der Waals surface area contributed by atoms with Crippen LogP contribution >= 0.6 is 0 Å². The van der Waals surface area contributed by atoms with Crippen LogP contribution in [-0.4, -0.2) is 24.2 Å². The number of nitrogens with one attached hydrogen (secondary N) is 2. The average molecular weight is 366 g/mol. The fourth-order valence-electron chi connectivity index (χ4n) is 2.81. The maximum Gasteiger partial charge on any atom is 0.323 e. The molecular weight excluding hydrogens is 344 g/mol. The van der Waals surface area contributed by atoms with Crippen LogP contribution in [0, 0.1) is 6.92 Å². The molecule has 0 bridgehead atoms. The molecule has 0 aromatic heterocycles. The Morgan fingerprint density at radius 3 is 2.56 bits per heavy atom. The number of benzene rings is 2. The largest absolute Gasteiger partial charge is 0.479 e. The van der Waals surface area contributed by atoms with Crippen molar-refractivity contribution in [3.8, 4) is 5.75 Å². The van der Waals surface area contributed by atoms with Gasteiger partial charge in [0.15, 0.2) is 5.60 Å². The first kappa shape index (κ1) is 18.5. The molecule has 0 saturated carbocycles. The normalized spacial score (nSPS) is 17.4. The summed E-state index contributed by atoms with van der Waals surface area (Å²) in [5.74, 6) is 0.331. The monoisotopic (exact) mass is 366 g/mol. The Morgan fingerprint density at radius 1 is 1.11 bits per heavy atom. The average Bonchev–Trinajstić information content (AvgIpc) is 2.63. The minimum Gasteiger partial charge on any atom is -0.479 e. The number of hydrogen-bond donors (Lipinski definition) is 2. The molecule has 140 valence electrons. The number of anilines is 2. The van der Waals surface area contributed by atoms with E-state index in [9.17, 15) is 9.59 Å². The van der Waals surface area contributed by atoms with Gasteiger partial charge in [0.25, 0.3) is 0 Å². The SMILES string of the molecule is CC(=O)OCC1(C)C=Cc2c(ccc(NC(=O)Nc3ccccc3)c2C)O1. The number of carbonyl (C=O) groups excluding carboxylic acids is 2. The molecule has 2 aromatic carbocycles. The third-order valence-electron chi connectivity index (χ3n) is 4.26. The van der Waals surface area contributed by atoms with Crippen LogP contribution in [-0.2, 0) is 9.53 Å². The molecule has 6 nitrogen and oxygen atoms in total. The highest BCUT2D eigenvalue weighted by atomic mass is 16.6. The smallest absolute Gasteiger partial charge is 0.323 e. The Labute approximate surface area is 158 Å². The Morgan fingerprint density at radius 2 is 1.85 bits per heavy atom. The van der Waals surface area contributed by atoms with Crippen molar-refractivity contribution in [1.82, 2.24) is 0 Å². The van der Waals surface area contributed by atoms with E-state index in [0.717, 1.165) is 16.8 Å². The molecule has 27 heavy (non-hydrogen) atoms. The van der Waals surface area contributed by atoms with Gasteiger partial charge in [-0.05, 0) is 49.8 Å². The van der Waals surface area contributed by atoms with Gasteiger partial charge in [0.2, 0.25) is 0 Å². The first-order valence-electron chi connectivity index (χ1n) is 8.64. The molecule has 0 saturated heterocycles. The molecule has 1 atom stereocenters. The van der Waals surface area contributed by atoms with Crippen molar-refractivity contribution in [2.75, 3.05) is 17.2 Å². The number of ether oxygens (including phenoxy) is 2. The second-order valence-electron chi connectivity index (χ2n) is 6.62. The summed E-state index contributed by atoms with van der Waals surface area (Å²) >= 11 is 0. The van der Waals surface area contributed by atoms with Gasteiger partial charge in [0, 0.05) is 23.9 Å².